The number of anilines is 2. The summed E-state index contributed by atoms with van der Waals surface area (Å²) in [4.78, 5) is 27.2. The molecule has 3 rings (SSSR count). The van der Waals surface area contributed by atoms with E-state index in [1.54, 1.807) is 37.3 Å². The highest BCUT2D eigenvalue weighted by atomic mass is 16.5. The average Bonchev–Trinajstić information content (AvgIpc) is 3.09. The molecule has 1 fully saturated rings. The Labute approximate surface area is 165 Å². The summed E-state index contributed by atoms with van der Waals surface area (Å²) in [6.45, 7) is 4.55. The van der Waals surface area contributed by atoms with Crippen molar-refractivity contribution in [2.24, 2.45) is 5.92 Å². The molecule has 1 unspecified atom stereocenters. The summed E-state index contributed by atoms with van der Waals surface area (Å²) in [7, 11) is 3.11. The molecular formula is C22H26N2O4. The van der Waals surface area contributed by atoms with E-state index in [0.717, 1.165) is 11.3 Å². The molecule has 2 amide bonds. The second kappa shape index (κ2) is 8.33. The van der Waals surface area contributed by atoms with Crippen LogP contribution in [0, 0.1) is 5.92 Å². The van der Waals surface area contributed by atoms with Gasteiger partial charge in [-0.05, 0) is 29.7 Å². The van der Waals surface area contributed by atoms with Crippen LogP contribution in [0.2, 0.25) is 0 Å². The lowest BCUT2D eigenvalue weighted by atomic mass is 10.0. The van der Waals surface area contributed by atoms with Gasteiger partial charge in [0.1, 0.15) is 11.5 Å². The monoisotopic (exact) mass is 382 g/mol. The first-order chi connectivity index (χ1) is 13.4. The van der Waals surface area contributed by atoms with Gasteiger partial charge in [-0.1, -0.05) is 32.0 Å². The van der Waals surface area contributed by atoms with Crippen molar-refractivity contribution in [3.05, 3.63) is 48.0 Å². The Morgan fingerprint density at radius 1 is 1.14 bits per heavy atom. The van der Waals surface area contributed by atoms with Crippen molar-refractivity contribution in [3.63, 3.8) is 0 Å². The summed E-state index contributed by atoms with van der Waals surface area (Å²) >= 11 is 0. The Morgan fingerprint density at radius 2 is 1.89 bits per heavy atom. The maximum absolute atomic E-state index is 12.8. The van der Waals surface area contributed by atoms with Gasteiger partial charge in [-0.2, -0.15) is 0 Å². The van der Waals surface area contributed by atoms with Gasteiger partial charge in [0, 0.05) is 24.7 Å². The van der Waals surface area contributed by atoms with Crippen LogP contribution in [0.5, 0.6) is 11.5 Å². The first-order valence-electron chi connectivity index (χ1n) is 9.36. The number of rotatable bonds is 6. The summed E-state index contributed by atoms with van der Waals surface area (Å²) < 4.78 is 10.5. The molecule has 2 aromatic rings. The van der Waals surface area contributed by atoms with E-state index in [9.17, 15) is 9.59 Å². The maximum atomic E-state index is 12.8. The lowest BCUT2D eigenvalue weighted by Crippen LogP contribution is -2.29. The fourth-order valence-corrected chi connectivity index (χ4v) is 3.48. The van der Waals surface area contributed by atoms with Crippen molar-refractivity contribution in [1.29, 1.82) is 0 Å². The van der Waals surface area contributed by atoms with E-state index in [2.05, 4.69) is 19.2 Å². The smallest absolute Gasteiger partial charge is 0.229 e. The molecule has 0 bridgehead atoms. The molecule has 1 N–H and O–H groups in total. The average molecular weight is 382 g/mol. The largest absolute Gasteiger partial charge is 0.497 e. The predicted molar refractivity (Wildman–Crippen MR) is 109 cm³/mol. The maximum Gasteiger partial charge on any atom is 0.229 e. The van der Waals surface area contributed by atoms with Gasteiger partial charge in [-0.3, -0.25) is 9.59 Å². The minimum absolute atomic E-state index is 0.0362. The van der Waals surface area contributed by atoms with Gasteiger partial charge in [0.2, 0.25) is 11.8 Å². The zero-order valence-corrected chi connectivity index (χ0v) is 16.7. The summed E-state index contributed by atoms with van der Waals surface area (Å²) in [5.74, 6) is 0.781. The van der Waals surface area contributed by atoms with Crippen molar-refractivity contribution < 1.29 is 19.1 Å². The van der Waals surface area contributed by atoms with Crippen molar-refractivity contribution in [2.75, 3.05) is 31.0 Å². The van der Waals surface area contributed by atoms with Crippen molar-refractivity contribution in [3.8, 4) is 11.5 Å². The summed E-state index contributed by atoms with van der Waals surface area (Å²) in [5, 5.41) is 2.89. The van der Waals surface area contributed by atoms with Crippen LogP contribution in [-0.2, 0) is 9.59 Å². The van der Waals surface area contributed by atoms with Crippen LogP contribution in [0.15, 0.2) is 42.5 Å². The van der Waals surface area contributed by atoms with Crippen LogP contribution < -0.4 is 19.7 Å². The lowest BCUT2D eigenvalue weighted by molar-refractivity contribution is -0.122. The lowest BCUT2D eigenvalue weighted by Gasteiger charge is -2.22. The van der Waals surface area contributed by atoms with Gasteiger partial charge >= 0.3 is 0 Å². The van der Waals surface area contributed by atoms with E-state index in [4.69, 9.17) is 9.47 Å². The first-order valence-corrected chi connectivity index (χ1v) is 9.36. The van der Waals surface area contributed by atoms with Crippen LogP contribution >= 0.6 is 0 Å². The molecule has 0 spiro atoms. The number of para-hydroxylation sites is 1. The first kappa shape index (κ1) is 19.7. The van der Waals surface area contributed by atoms with E-state index in [0.29, 0.717) is 23.7 Å². The summed E-state index contributed by atoms with van der Waals surface area (Å²) in [6, 6.07) is 13.1. The molecule has 0 aliphatic carbocycles. The minimum Gasteiger partial charge on any atom is -0.497 e. The molecule has 2 aromatic carbocycles. The second-order valence-corrected chi connectivity index (χ2v) is 7.17. The van der Waals surface area contributed by atoms with E-state index in [1.165, 1.54) is 0 Å². The third kappa shape index (κ3) is 3.96. The Kier molecular flexibility index (Phi) is 5.87. The fraction of sp³-hybridized carbons (Fsp3) is 0.364. The van der Waals surface area contributed by atoms with E-state index < -0.39 is 5.92 Å². The van der Waals surface area contributed by atoms with Crippen LogP contribution in [0.1, 0.15) is 31.7 Å². The van der Waals surface area contributed by atoms with Crippen molar-refractivity contribution in [2.45, 2.75) is 26.2 Å². The zero-order chi connectivity index (χ0) is 20.3. The van der Waals surface area contributed by atoms with Crippen molar-refractivity contribution >= 4 is 23.2 Å². The molecule has 0 aromatic heterocycles. The number of amides is 2. The Bertz CT molecular complexity index is 879. The highest BCUT2D eigenvalue weighted by Gasteiger charge is 2.36. The highest BCUT2D eigenvalue weighted by Crippen LogP contribution is 2.34. The number of methoxy groups -OCH3 is 2. The number of hydrogen-bond donors (Lipinski definition) is 1. The highest BCUT2D eigenvalue weighted by molar-refractivity contribution is 6.04. The normalized spacial score (nSPS) is 16.4. The number of ether oxygens (including phenoxy) is 2. The number of carbonyl (C=O) groups is 2. The predicted octanol–water partition coefficient (Wildman–Crippen LogP) is 3.82. The van der Waals surface area contributed by atoms with E-state index in [1.807, 2.05) is 24.3 Å². The van der Waals surface area contributed by atoms with Crippen LogP contribution in [0.3, 0.4) is 0 Å². The fourth-order valence-electron chi connectivity index (χ4n) is 3.48. The number of hydrogen-bond acceptors (Lipinski definition) is 4. The van der Waals surface area contributed by atoms with Gasteiger partial charge in [0.15, 0.2) is 0 Å². The van der Waals surface area contributed by atoms with Crippen molar-refractivity contribution in [1.82, 2.24) is 0 Å². The molecular weight excluding hydrogens is 356 g/mol. The molecule has 0 saturated carbocycles. The van der Waals surface area contributed by atoms with Gasteiger partial charge in [0.05, 0.1) is 25.8 Å². The van der Waals surface area contributed by atoms with Gasteiger partial charge in [0.25, 0.3) is 0 Å². The molecule has 28 heavy (non-hydrogen) atoms. The quantitative estimate of drug-likeness (QED) is 0.825. The molecule has 1 aliphatic rings. The molecule has 1 aliphatic heterocycles. The number of nitrogens with one attached hydrogen (secondary N) is 1. The third-order valence-electron chi connectivity index (χ3n) is 5.01. The van der Waals surface area contributed by atoms with Gasteiger partial charge in [-0.25, -0.2) is 0 Å². The van der Waals surface area contributed by atoms with Gasteiger partial charge < -0.3 is 19.7 Å². The number of benzene rings is 2. The minimum atomic E-state index is -0.427. The molecule has 1 saturated heterocycles. The van der Waals surface area contributed by atoms with Crippen LogP contribution in [0.4, 0.5) is 11.4 Å². The van der Waals surface area contributed by atoms with Crippen LogP contribution in [-0.4, -0.2) is 32.6 Å². The number of carbonyl (C=O) groups excluding carboxylic acids is 2. The standard InChI is InChI=1S/C22H26N2O4/c1-14(2)17-7-5-6-8-19(17)24-13-15(11-21(24)25)22(26)23-18-12-16(27-3)9-10-20(18)28-4/h5-10,12,14-15H,11,13H2,1-4H3,(H,23,26). The Morgan fingerprint density at radius 3 is 2.57 bits per heavy atom. The molecule has 0 radical (unpaired) electrons. The van der Waals surface area contributed by atoms with E-state index in [-0.39, 0.29) is 24.2 Å². The Balaban J connectivity index is 1.78. The van der Waals surface area contributed by atoms with E-state index >= 15 is 0 Å². The molecule has 1 atom stereocenters. The SMILES string of the molecule is COc1ccc(OC)c(NC(=O)C2CC(=O)N(c3ccccc3C(C)C)C2)c1. The topological polar surface area (TPSA) is 67.9 Å². The third-order valence-corrected chi connectivity index (χ3v) is 5.01. The van der Waals surface area contributed by atoms with Gasteiger partial charge in [-0.15, -0.1) is 0 Å². The molecule has 1 heterocycles. The summed E-state index contributed by atoms with van der Waals surface area (Å²) in [6.07, 6.45) is 0.185. The Hall–Kier alpha value is -3.02. The molecule has 6 heteroatoms. The summed E-state index contributed by atoms with van der Waals surface area (Å²) in [5.41, 5.74) is 2.52. The molecule has 6 nitrogen and oxygen atoms in total. The second-order valence-electron chi connectivity index (χ2n) is 7.17. The van der Waals surface area contributed by atoms with Crippen LogP contribution in [0.25, 0.3) is 0 Å². The number of nitrogens with zero attached hydrogens (tertiary/aromatic N) is 1. The molecule has 148 valence electrons. The zero-order valence-electron chi connectivity index (χ0n) is 16.7.